The van der Waals surface area contributed by atoms with Crippen LogP contribution in [-0.2, 0) is 0 Å². The van der Waals surface area contributed by atoms with Crippen molar-refractivity contribution >= 4 is 45.1 Å². The molecule has 19 heavy (non-hydrogen) atoms. The first-order valence-electron chi connectivity index (χ1n) is 5.82. The van der Waals surface area contributed by atoms with Gasteiger partial charge in [0.05, 0.1) is 5.25 Å². The molecule has 1 atom stereocenters. The first-order valence-corrected chi connectivity index (χ1v) is 8.82. The van der Waals surface area contributed by atoms with Crippen molar-refractivity contribution in [2.45, 2.75) is 5.25 Å². The predicted molar refractivity (Wildman–Crippen MR) is 84.4 cm³/mol. The van der Waals surface area contributed by atoms with Gasteiger partial charge >= 0.3 is 0 Å². The Balaban J connectivity index is 1.85. The molecule has 2 heterocycles. The zero-order valence-corrected chi connectivity index (χ0v) is 13.2. The highest BCUT2D eigenvalue weighted by molar-refractivity contribution is 9.10. The molecular formula is C12H12BrN3OS2. The van der Waals surface area contributed by atoms with Crippen molar-refractivity contribution in [2.75, 3.05) is 23.0 Å². The molecule has 0 saturated carbocycles. The standard InChI is InChI=1S/C12H12BrN3OS2/c13-8-5-7(1-2-9(8)14)12-15-11(16-17-12)10-6-18-3-4-19-10/h1-2,5,10H,3-4,6,14H2. The molecule has 0 bridgehead atoms. The lowest BCUT2D eigenvalue weighted by atomic mass is 10.2. The van der Waals surface area contributed by atoms with Crippen molar-refractivity contribution < 1.29 is 4.52 Å². The van der Waals surface area contributed by atoms with Gasteiger partial charge in [0, 0.05) is 33.0 Å². The molecule has 0 aliphatic carbocycles. The van der Waals surface area contributed by atoms with E-state index in [2.05, 4.69) is 26.1 Å². The van der Waals surface area contributed by atoms with E-state index < -0.39 is 0 Å². The minimum absolute atomic E-state index is 0.341. The smallest absolute Gasteiger partial charge is 0.258 e. The molecule has 1 saturated heterocycles. The Morgan fingerprint density at radius 3 is 3.00 bits per heavy atom. The lowest BCUT2D eigenvalue weighted by Crippen LogP contribution is -2.07. The quantitative estimate of drug-likeness (QED) is 0.828. The fourth-order valence-electron chi connectivity index (χ4n) is 1.78. The summed E-state index contributed by atoms with van der Waals surface area (Å²) in [6, 6.07) is 5.62. The van der Waals surface area contributed by atoms with Crippen molar-refractivity contribution in [1.29, 1.82) is 0 Å². The highest BCUT2D eigenvalue weighted by atomic mass is 79.9. The Labute approximate surface area is 128 Å². The average molecular weight is 358 g/mol. The first-order chi connectivity index (χ1) is 9.24. The summed E-state index contributed by atoms with van der Waals surface area (Å²) in [7, 11) is 0. The molecule has 3 rings (SSSR count). The number of hydrogen-bond donors (Lipinski definition) is 1. The van der Waals surface area contributed by atoms with Gasteiger partial charge < -0.3 is 10.3 Å². The van der Waals surface area contributed by atoms with E-state index in [4.69, 9.17) is 10.3 Å². The van der Waals surface area contributed by atoms with Crippen LogP contribution in [0.1, 0.15) is 11.1 Å². The van der Waals surface area contributed by atoms with Crippen LogP contribution in [0.4, 0.5) is 5.69 Å². The number of nitrogens with two attached hydrogens (primary N) is 1. The molecule has 100 valence electrons. The third-order valence-electron chi connectivity index (χ3n) is 2.79. The van der Waals surface area contributed by atoms with Gasteiger partial charge in [-0.25, -0.2) is 0 Å². The summed E-state index contributed by atoms with van der Waals surface area (Å²) in [5.74, 6) is 4.74. The third-order valence-corrected chi connectivity index (χ3v) is 6.23. The van der Waals surface area contributed by atoms with Gasteiger partial charge in [0.2, 0.25) is 0 Å². The van der Waals surface area contributed by atoms with Crippen LogP contribution in [0, 0.1) is 0 Å². The van der Waals surface area contributed by atoms with E-state index in [0.29, 0.717) is 16.8 Å². The molecule has 0 radical (unpaired) electrons. The molecule has 2 N–H and O–H groups in total. The number of aromatic nitrogens is 2. The van der Waals surface area contributed by atoms with Crippen LogP contribution in [0.25, 0.3) is 11.5 Å². The van der Waals surface area contributed by atoms with E-state index in [-0.39, 0.29) is 0 Å². The lowest BCUT2D eigenvalue weighted by Gasteiger charge is -2.16. The summed E-state index contributed by atoms with van der Waals surface area (Å²) in [6.45, 7) is 0. The van der Waals surface area contributed by atoms with Crippen LogP contribution in [0.15, 0.2) is 27.2 Å². The maximum Gasteiger partial charge on any atom is 0.258 e. The molecule has 1 aromatic heterocycles. The molecule has 4 nitrogen and oxygen atoms in total. The molecule has 0 amide bonds. The monoisotopic (exact) mass is 357 g/mol. The zero-order valence-electron chi connectivity index (χ0n) is 10.0. The molecular weight excluding hydrogens is 346 g/mol. The second kappa shape index (κ2) is 5.76. The molecule has 7 heteroatoms. The number of halogens is 1. The number of benzene rings is 1. The molecule has 1 aliphatic heterocycles. The van der Waals surface area contributed by atoms with Crippen molar-refractivity contribution in [1.82, 2.24) is 10.1 Å². The fraction of sp³-hybridized carbons (Fsp3) is 0.333. The molecule has 1 fully saturated rings. The van der Waals surface area contributed by atoms with Crippen molar-refractivity contribution in [3.8, 4) is 11.5 Å². The van der Waals surface area contributed by atoms with Crippen LogP contribution in [-0.4, -0.2) is 27.4 Å². The summed E-state index contributed by atoms with van der Waals surface area (Å²) >= 11 is 7.24. The zero-order chi connectivity index (χ0) is 13.2. The van der Waals surface area contributed by atoms with E-state index in [1.807, 2.05) is 41.7 Å². The molecule has 2 aromatic rings. The number of nitrogen functional groups attached to an aromatic ring is 1. The Hall–Kier alpha value is -0.660. The van der Waals surface area contributed by atoms with Gasteiger partial charge in [0.25, 0.3) is 5.89 Å². The van der Waals surface area contributed by atoms with Gasteiger partial charge in [-0.05, 0) is 34.1 Å². The topological polar surface area (TPSA) is 64.9 Å². The summed E-state index contributed by atoms with van der Waals surface area (Å²) < 4.78 is 6.19. The first kappa shape index (κ1) is 13.3. The van der Waals surface area contributed by atoms with Gasteiger partial charge in [-0.1, -0.05) is 5.16 Å². The number of anilines is 1. The van der Waals surface area contributed by atoms with Crippen LogP contribution in [0.5, 0.6) is 0 Å². The van der Waals surface area contributed by atoms with Crippen LogP contribution in [0.3, 0.4) is 0 Å². The summed E-state index contributed by atoms with van der Waals surface area (Å²) in [4.78, 5) is 4.50. The summed E-state index contributed by atoms with van der Waals surface area (Å²) in [5.41, 5.74) is 7.35. The minimum Gasteiger partial charge on any atom is -0.398 e. The van der Waals surface area contributed by atoms with Crippen molar-refractivity contribution in [3.63, 3.8) is 0 Å². The lowest BCUT2D eigenvalue weighted by molar-refractivity contribution is 0.423. The third kappa shape index (κ3) is 2.93. The predicted octanol–water partition coefficient (Wildman–Crippen LogP) is 3.60. The van der Waals surface area contributed by atoms with Crippen LogP contribution >= 0.6 is 39.5 Å². The van der Waals surface area contributed by atoms with Gasteiger partial charge in [-0.15, -0.1) is 11.8 Å². The number of nitrogens with zero attached hydrogens (tertiary/aromatic N) is 2. The Bertz CT molecular complexity index is 584. The van der Waals surface area contributed by atoms with Gasteiger partial charge in [-0.3, -0.25) is 0 Å². The maximum absolute atomic E-state index is 5.77. The summed E-state index contributed by atoms with van der Waals surface area (Å²) in [5, 5.41) is 4.44. The Kier molecular flexibility index (Phi) is 4.04. The van der Waals surface area contributed by atoms with Gasteiger partial charge in [0.1, 0.15) is 0 Å². The van der Waals surface area contributed by atoms with E-state index in [1.165, 1.54) is 5.75 Å². The number of thioether (sulfide) groups is 2. The maximum atomic E-state index is 5.77. The van der Waals surface area contributed by atoms with Gasteiger partial charge in [-0.2, -0.15) is 16.7 Å². The largest absolute Gasteiger partial charge is 0.398 e. The second-order valence-electron chi connectivity index (χ2n) is 4.13. The minimum atomic E-state index is 0.341. The van der Waals surface area contributed by atoms with Crippen LogP contribution < -0.4 is 5.73 Å². The van der Waals surface area contributed by atoms with Crippen LogP contribution in [0.2, 0.25) is 0 Å². The number of rotatable bonds is 2. The van der Waals surface area contributed by atoms with Crippen molar-refractivity contribution in [3.05, 3.63) is 28.5 Å². The molecule has 1 unspecified atom stereocenters. The number of hydrogen-bond acceptors (Lipinski definition) is 6. The Morgan fingerprint density at radius 2 is 2.26 bits per heavy atom. The van der Waals surface area contributed by atoms with E-state index >= 15 is 0 Å². The molecule has 0 spiro atoms. The normalized spacial score (nSPS) is 19.5. The molecule has 1 aliphatic rings. The van der Waals surface area contributed by atoms with Gasteiger partial charge in [0.15, 0.2) is 5.82 Å². The van der Waals surface area contributed by atoms with E-state index in [9.17, 15) is 0 Å². The SMILES string of the molecule is Nc1ccc(-c2nc(C3CSCCS3)no2)cc1Br. The Morgan fingerprint density at radius 1 is 1.37 bits per heavy atom. The average Bonchev–Trinajstić information content (AvgIpc) is 2.93. The van der Waals surface area contributed by atoms with Crippen molar-refractivity contribution in [2.24, 2.45) is 0 Å². The highest BCUT2D eigenvalue weighted by Gasteiger charge is 2.22. The fourth-order valence-corrected chi connectivity index (χ4v) is 4.75. The highest BCUT2D eigenvalue weighted by Crippen LogP contribution is 2.36. The van der Waals surface area contributed by atoms with E-state index in [0.717, 1.165) is 27.4 Å². The second-order valence-corrected chi connectivity index (χ2v) is 7.44. The molecule has 1 aromatic carbocycles. The summed E-state index contributed by atoms with van der Waals surface area (Å²) in [6.07, 6.45) is 0. The van der Waals surface area contributed by atoms with E-state index in [1.54, 1.807) is 0 Å².